The van der Waals surface area contributed by atoms with Crippen molar-refractivity contribution in [3.8, 4) is 6.07 Å². The van der Waals surface area contributed by atoms with Crippen molar-refractivity contribution in [3.63, 3.8) is 0 Å². The van der Waals surface area contributed by atoms with E-state index in [1.54, 1.807) is 36.5 Å². The Bertz CT molecular complexity index is 1320. The number of amides is 2. The molecule has 0 radical (unpaired) electrons. The smallest absolute Gasteiger partial charge is 0.266 e. The Morgan fingerprint density at radius 2 is 1.86 bits per heavy atom. The van der Waals surface area contributed by atoms with Crippen molar-refractivity contribution in [2.45, 2.75) is 39.3 Å². The first kappa shape index (κ1) is 26.1. The number of benzene rings is 2. The maximum atomic E-state index is 13.5. The molecule has 2 heterocycles. The minimum atomic E-state index is -0.239. The van der Waals surface area contributed by atoms with Gasteiger partial charge in [0.05, 0.1) is 28.5 Å². The zero-order valence-electron chi connectivity index (χ0n) is 21.2. The van der Waals surface area contributed by atoms with Crippen LogP contribution in [0, 0.1) is 18.3 Å². The normalized spacial score (nSPS) is 13.4. The number of hydrogen-bond donors (Lipinski definition) is 1. The van der Waals surface area contributed by atoms with Gasteiger partial charge < -0.3 is 15.1 Å². The molecule has 1 saturated heterocycles. The standard InChI is InChI=1S/C29H31N5O2S/c1-21-10-12-22(13-11-21)18-31-28(35)26-16-25(32-20-34-14-6-3-7-15-34)27(37-26)29(36)33(2)19-24-9-5-4-8-23(24)17-30/h4-5,8-13,16,20H,3,6-7,14-15,18-19H2,1-2H3,(H,31,35)/b32-20+. The summed E-state index contributed by atoms with van der Waals surface area (Å²) in [6.07, 6.45) is 5.24. The molecular formula is C29H31N5O2S. The van der Waals surface area contributed by atoms with Crippen molar-refractivity contribution < 1.29 is 9.59 Å². The third-order valence-electron chi connectivity index (χ3n) is 6.35. The topological polar surface area (TPSA) is 88.8 Å². The van der Waals surface area contributed by atoms with E-state index in [0.717, 1.165) is 54.0 Å². The maximum Gasteiger partial charge on any atom is 0.266 e. The molecule has 0 spiro atoms. The molecule has 1 aliphatic heterocycles. The van der Waals surface area contributed by atoms with E-state index in [-0.39, 0.29) is 18.4 Å². The molecule has 0 bridgehead atoms. The van der Waals surface area contributed by atoms with Crippen molar-refractivity contribution in [3.05, 3.63) is 86.6 Å². The molecule has 4 rings (SSSR count). The molecule has 2 aromatic carbocycles. The zero-order chi connectivity index (χ0) is 26.2. The summed E-state index contributed by atoms with van der Waals surface area (Å²) in [5.41, 5.74) is 3.96. The molecule has 0 atom stereocenters. The van der Waals surface area contributed by atoms with E-state index in [1.807, 2.05) is 43.3 Å². The summed E-state index contributed by atoms with van der Waals surface area (Å²) in [5, 5.41) is 12.4. The number of thiophene rings is 1. The molecule has 7 nitrogen and oxygen atoms in total. The van der Waals surface area contributed by atoms with Crippen molar-refractivity contribution in [1.82, 2.24) is 15.1 Å². The van der Waals surface area contributed by atoms with Crippen LogP contribution < -0.4 is 5.32 Å². The quantitative estimate of drug-likeness (QED) is 0.328. The van der Waals surface area contributed by atoms with E-state index in [4.69, 9.17) is 0 Å². The number of aryl methyl sites for hydroxylation is 1. The first-order chi connectivity index (χ1) is 17.9. The van der Waals surface area contributed by atoms with Crippen LogP contribution in [0.25, 0.3) is 0 Å². The third kappa shape index (κ3) is 6.83. The zero-order valence-corrected chi connectivity index (χ0v) is 22.1. The van der Waals surface area contributed by atoms with E-state index in [2.05, 4.69) is 21.3 Å². The van der Waals surface area contributed by atoms with Crippen LogP contribution in [0.2, 0.25) is 0 Å². The molecule has 37 heavy (non-hydrogen) atoms. The monoisotopic (exact) mass is 513 g/mol. The minimum Gasteiger partial charge on any atom is -0.363 e. The predicted molar refractivity (Wildman–Crippen MR) is 147 cm³/mol. The van der Waals surface area contributed by atoms with Gasteiger partial charge in [0, 0.05) is 33.2 Å². The summed E-state index contributed by atoms with van der Waals surface area (Å²) in [6, 6.07) is 19.1. The Morgan fingerprint density at radius 3 is 2.59 bits per heavy atom. The molecule has 8 heteroatoms. The fraction of sp³-hybridized carbons (Fsp3) is 0.310. The lowest BCUT2D eigenvalue weighted by atomic mass is 10.1. The van der Waals surface area contributed by atoms with Gasteiger partial charge in [-0.05, 0) is 49.4 Å². The van der Waals surface area contributed by atoms with Crippen molar-refractivity contribution >= 4 is 35.2 Å². The van der Waals surface area contributed by atoms with Gasteiger partial charge in [-0.1, -0.05) is 48.0 Å². The molecule has 0 aliphatic carbocycles. The first-order valence-electron chi connectivity index (χ1n) is 12.4. The van der Waals surface area contributed by atoms with Gasteiger partial charge in [-0.15, -0.1) is 11.3 Å². The van der Waals surface area contributed by atoms with Gasteiger partial charge in [-0.2, -0.15) is 5.26 Å². The van der Waals surface area contributed by atoms with E-state index in [1.165, 1.54) is 6.42 Å². The van der Waals surface area contributed by atoms with Crippen molar-refractivity contribution in [2.24, 2.45) is 4.99 Å². The molecular weight excluding hydrogens is 482 g/mol. The second kappa shape index (κ2) is 12.3. The van der Waals surface area contributed by atoms with Gasteiger partial charge >= 0.3 is 0 Å². The van der Waals surface area contributed by atoms with Crippen LogP contribution in [0.1, 0.15) is 60.9 Å². The third-order valence-corrected chi connectivity index (χ3v) is 7.46. The number of likely N-dealkylation sites (tertiary alicyclic amines) is 1. The number of nitriles is 1. The lowest BCUT2D eigenvalue weighted by molar-refractivity contribution is 0.0790. The second-order valence-corrected chi connectivity index (χ2v) is 10.3. The summed E-state index contributed by atoms with van der Waals surface area (Å²) >= 11 is 1.15. The highest BCUT2D eigenvalue weighted by atomic mass is 32.1. The van der Waals surface area contributed by atoms with Crippen LogP contribution >= 0.6 is 11.3 Å². The number of carbonyl (C=O) groups excluding carboxylic acids is 2. The number of hydrogen-bond acceptors (Lipinski definition) is 5. The van der Waals surface area contributed by atoms with Crippen LogP contribution in [-0.2, 0) is 13.1 Å². The average molecular weight is 514 g/mol. The minimum absolute atomic E-state index is 0.235. The SMILES string of the molecule is Cc1ccc(CNC(=O)c2cc(/N=C/N3CCCCC3)c(C(=O)N(C)Cc3ccccc3C#N)s2)cc1. The largest absolute Gasteiger partial charge is 0.363 e. The number of nitrogens with one attached hydrogen (secondary N) is 1. The second-order valence-electron chi connectivity index (χ2n) is 9.26. The highest BCUT2D eigenvalue weighted by Gasteiger charge is 2.23. The lowest BCUT2D eigenvalue weighted by Crippen LogP contribution is -2.28. The van der Waals surface area contributed by atoms with Gasteiger partial charge in [-0.3, -0.25) is 9.59 Å². The first-order valence-corrected chi connectivity index (χ1v) is 13.3. The molecule has 190 valence electrons. The van der Waals surface area contributed by atoms with Gasteiger partial charge in [0.25, 0.3) is 11.8 Å². The molecule has 1 aromatic heterocycles. The van der Waals surface area contributed by atoms with E-state index >= 15 is 0 Å². The molecule has 0 unspecified atom stereocenters. The van der Waals surface area contributed by atoms with Crippen LogP contribution in [0.4, 0.5) is 5.69 Å². The molecule has 1 aliphatic rings. The van der Waals surface area contributed by atoms with Gasteiger partial charge in [0.15, 0.2) is 0 Å². The molecule has 1 N–H and O–H groups in total. The van der Waals surface area contributed by atoms with Crippen LogP contribution in [-0.4, -0.2) is 48.1 Å². The van der Waals surface area contributed by atoms with Crippen LogP contribution in [0.5, 0.6) is 0 Å². The lowest BCUT2D eigenvalue weighted by Gasteiger charge is -2.23. The molecule has 2 amide bonds. The summed E-state index contributed by atoms with van der Waals surface area (Å²) in [4.78, 5) is 35.7. The Kier molecular flexibility index (Phi) is 8.70. The maximum absolute atomic E-state index is 13.5. The summed E-state index contributed by atoms with van der Waals surface area (Å²) in [6.45, 7) is 4.58. The predicted octanol–water partition coefficient (Wildman–Crippen LogP) is 5.28. The van der Waals surface area contributed by atoms with E-state index in [9.17, 15) is 14.9 Å². The van der Waals surface area contributed by atoms with Crippen LogP contribution in [0.3, 0.4) is 0 Å². The summed E-state index contributed by atoms with van der Waals surface area (Å²) < 4.78 is 0. The summed E-state index contributed by atoms with van der Waals surface area (Å²) in [7, 11) is 1.70. The number of carbonyl (C=O) groups is 2. The fourth-order valence-electron chi connectivity index (χ4n) is 4.16. The summed E-state index contributed by atoms with van der Waals surface area (Å²) in [5.74, 6) is -0.474. The fourth-order valence-corrected chi connectivity index (χ4v) is 5.18. The number of aliphatic imine (C=N–C) groups is 1. The molecule has 1 fully saturated rings. The van der Waals surface area contributed by atoms with Gasteiger partial charge in [0.1, 0.15) is 4.88 Å². The van der Waals surface area contributed by atoms with Gasteiger partial charge in [-0.25, -0.2) is 4.99 Å². The van der Waals surface area contributed by atoms with Crippen molar-refractivity contribution in [2.75, 3.05) is 20.1 Å². The Morgan fingerprint density at radius 1 is 1.14 bits per heavy atom. The Balaban J connectivity index is 1.55. The Labute approximate surface area is 222 Å². The molecule has 3 aromatic rings. The number of rotatable bonds is 8. The average Bonchev–Trinajstić information content (AvgIpc) is 3.36. The highest BCUT2D eigenvalue weighted by molar-refractivity contribution is 7.16. The van der Waals surface area contributed by atoms with E-state index in [0.29, 0.717) is 27.5 Å². The number of piperidine rings is 1. The van der Waals surface area contributed by atoms with Crippen LogP contribution in [0.15, 0.2) is 59.6 Å². The van der Waals surface area contributed by atoms with E-state index < -0.39 is 0 Å². The van der Waals surface area contributed by atoms with Gasteiger partial charge in [0.2, 0.25) is 0 Å². The Hall–Kier alpha value is -3.96. The number of nitrogens with zero attached hydrogens (tertiary/aromatic N) is 4. The highest BCUT2D eigenvalue weighted by Crippen LogP contribution is 2.31. The molecule has 0 saturated carbocycles. The van der Waals surface area contributed by atoms with Crippen molar-refractivity contribution in [1.29, 1.82) is 5.26 Å².